The van der Waals surface area contributed by atoms with Crippen LogP contribution in [0.5, 0.6) is 0 Å². The van der Waals surface area contributed by atoms with Crippen LogP contribution in [0.1, 0.15) is 30.1 Å². The van der Waals surface area contributed by atoms with E-state index in [1.165, 1.54) is 24.3 Å². The molecular weight excluding hydrogens is 452 g/mol. The third kappa shape index (κ3) is 5.74. The SMILES string of the molecule is CC1(CN=C(NC(=O)c2ccc(Cl)c(F)c2)Nc2cc(-c3ccc(F)cc3)[nH]n2)CCCO1. The average Bonchev–Trinajstić information content (AvgIpc) is 3.44. The summed E-state index contributed by atoms with van der Waals surface area (Å²) < 4.78 is 32.8. The molecule has 2 aromatic carbocycles. The topological polar surface area (TPSA) is 91.4 Å². The Balaban J connectivity index is 1.54. The second kappa shape index (κ2) is 9.68. The molecule has 2 heterocycles. The molecule has 1 atom stereocenters. The van der Waals surface area contributed by atoms with Crippen molar-refractivity contribution in [1.29, 1.82) is 0 Å². The van der Waals surface area contributed by atoms with Gasteiger partial charge in [-0.2, -0.15) is 5.10 Å². The lowest BCUT2D eigenvalue weighted by Crippen LogP contribution is -2.38. The summed E-state index contributed by atoms with van der Waals surface area (Å²) in [7, 11) is 0. The van der Waals surface area contributed by atoms with Crippen molar-refractivity contribution in [2.45, 2.75) is 25.4 Å². The first-order valence-corrected chi connectivity index (χ1v) is 10.7. The van der Waals surface area contributed by atoms with Crippen LogP contribution in [0.15, 0.2) is 53.5 Å². The van der Waals surface area contributed by atoms with Crippen LogP contribution < -0.4 is 10.6 Å². The fourth-order valence-corrected chi connectivity index (χ4v) is 3.54. The summed E-state index contributed by atoms with van der Waals surface area (Å²) in [6.07, 6.45) is 1.78. The fraction of sp³-hybridized carbons (Fsp3) is 0.261. The van der Waals surface area contributed by atoms with Crippen molar-refractivity contribution in [3.63, 3.8) is 0 Å². The Bertz CT molecular complexity index is 1170. The summed E-state index contributed by atoms with van der Waals surface area (Å²) in [5.41, 5.74) is 1.04. The van der Waals surface area contributed by atoms with Gasteiger partial charge in [0.2, 0.25) is 5.96 Å². The Hall–Kier alpha value is -3.30. The molecule has 1 aromatic heterocycles. The van der Waals surface area contributed by atoms with Crippen molar-refractivity contribution in [1.82, 2.24) is 15.5 Å². The van der Waals surface area contributed by atoms with Crippen molar-refractivity contribution < 1.29 is 18.3 Å². The summed E-state index contributed by atoms with van der Waals surface area (Å²) >= 11 is 5.71. The number of aromatic nitrogens is 2. The zero-order chi connectivity index (χ0) is 23.4. The third-order valence-electron chi connectivity index (χ3n) is 5.27. The molecule has 7 nitrogen and oxygen atoms in total. The summed E-state index contributed by atoms with van der Waals surface area (Å²) in [6, 6.07) is 11.4. The predicted molar refractivity (Wildman–Crippen MR) is 122 cm³/mol. The van der Waals surface area contributed by atoms with Crippen LogP contribution in [0, 0.1) is 11.6 Å². The van der Waals surface area contributed by atoms with Crippen LogP contribution >= 0.6 is 11.6 Å². The smallest absolute Gasteiger partial charge is 0.258 e. The van der Waals surface area contributed by atoms with Gasteiger partial charge in [-0.15, -0.1) is 0 Å². The van der Waals surface area contributed by atoms with Gasteiger partial charge >= 0.3 is 0 Å². The Morgan fingerprint density at radius 2 is 2.03 bits per heavy atom. The highest BCUT2D eigenvalue weighted by Gasteiger charge is 2.29. The number of amides is 1. The van der Waals surface area contributed by atoms with Crippen molar-refractivity contribution in [3.05, 3.63) is 70.8 Å². The minimum atomic E-state index is -0.695. The van der Waals surface area contributed by atoms with Crippen LogP contribution in [0.4, 0.5) is 14.6 Å². The number of aliphatic imine (C=N–C) groups is 1. The molecule has 1 saturated heterocycles. The molecule has 1 fully saturated rings. The second-order valence-electron chi connectivity index (χ2n) is 7.95. The number of halogens is 3. The zero-order valence-corrected chi connectivity index (χ0v) is 18.5. The molecule has 0 spiro atoms. The van der Waals surface area contributed by atoms with Crippen molar-refractivity contribution in [3.8, 4) is 11.3 Å². The Labute approximate surface area is 194 Å². The minimum Gasteiger partial charge on any atom is -0.373 e. The van der Waals surface area contributed by atoms with Crippen LogP contribution in [0.2, 0.25) is 5.02 Å². The molecule has 33 heavy (non-hydrogen) atoms. The monoisotopic (exact) mass is 473 g/mol. The Kier molecular flexibility index (Phi) is 6.71. The number of carbonyl (C=O) groups excluding carboxylic acids is 1. The van der Waals surface area contributed by atoms with Gasteiger partial charge in [-0.3, -0.25) is 15.2 Å². The standard InChI is InChI=1S/C23H22ClF2N5O2/c1-23(9-2-10-33-23)13-27-22(29-21(32)15-5-8-17(24)18(26)11-15)28-20-12-19(30-31-20)14-3-6-16(25)7-4-14/h3-8,11-12H,2,9-10,13H2,1H3,(H3,27,28,29,30,31,32). The molecule has 0 radical (unpaired) electrons. The van der Waals surface area contributed by atoms with Crippen molar-refractivity contribution >= 4 is 29.3 Å². The summed E-state index contributed by atoms with van der Waals surface area (Å²) in [5, 5.41) is 12.6. The number of carbonyl (C=O) groups is 1. The summed E-state index contributed by atoms with van der Waals surface area (Å²) in [6.45, 7) is 2.92. The van der Waals surface area contributed by atoms with E-state index >= 15 is 0 Å². The lowest BCUT2D eigenvalue weighted by molar-refractivity contribution is 0.0284. The van der Waals surface area contributed by atoms with Gasteiger partial charge in [0.1, 0.15) is 11.6 Å². The molecule has 1 aliphatic heterocycles. The van der Waals surface area contributed by atoms with Crippen molar-refractivity contribution in [2.24, 2.45) is 4.99 Å². The molecule has 3 N–H and O–H groups in total. The first-order chi connectivity index (χ1) is 15.8. The van der Waals surface area contributed by atoms with Crippen LogP contribution in [0.25, 0.3) is 11.3 Å². The maximum atomic E-state index is 13.8. The molecule has 10 heteroatoms. The van der Waals surface area contributed by atoms with Crippen LogP contribution in [-0.4, -0.2) is 40.8 Å². The number of anilines is 1. The minimum absolute atomic E-state index is 0.0743. The van der Waals surface area contributed by atoms with Crippen molar-refractivity contribution in [2.75, 3.05) is 18.5 Å². The third-order valence-corrected chi connectivity index (χ3v) is 5.57. The molecule has 0 bridgehead atoms. The molecule has 0 aliphatic carbocycles. The van der Waals surface area contributed by atoms with E-state index in [-0.39, 0.29) is 22.4 Å². The summed E-state index contributed by atoms with van der Waals surface area (Å²) in [5.74, 6) is -1.09. The fourth-order valence-electron chi connectivity index (χ4n) is 3.42. The van der Waals surface area contributed by atoms with E-state index in [2.05, 4.69) is 25.8 Å². The molecular formula is C23H22ClF2N5O2. The first-order valence-electron chi connectivity index (χ1n) is 10.3. The largest absolute Gasteiger partial charge is 0.373 e. The van der Waals surface area contributed by atoms with Gasteiger partial charge in [0.05, 0.1) is 22.9 Å². The highest BCUT2D eigenvalue weighted by Crippen LogP contribution is 2.25. The van der Waals surface area contributed by atoms with Gasteiger partial charge in [0.25, 0.3) is 5.91 Å². The second-order valence-corrected chi connectivity index (χ2v) is 8.36. The number of H-pyrrole nitrogens is 1. The Morgan fingerprint density at radius 1 is 1.24 bits per heavy atom. The van der Waals surface area contributed by atoms with Gasteiger partial charge in [-0.25, -0.2) is 13.8 Å². The average molecular weight is 474 g/mol. The van der Waals surface area contributed by atoms with Gasteiger partial charge < -0.3 is 10.1 Å². The number of nitrogens with zero attached hydrogens (tertiary/aromatic N) is 2. The van der Waals surface area contributed by atoms with Gasteiger partial charge in [0, 0.05) is 18.2 Å². The maximum absolute atomic E-state index is 13.8. The van der Waals surface area contributed by atoms with Gasteiger partial charge in [0.15, 0.2) is 5.82 Å². The van der Waals surface area contributed by atoms with Gasteiger partial charge in [-0.05, 0) is 67.8 Å². The highest BCUT2D eigenvalue weighted by molar-refractivity contribution is 6.30. The molecule has 1 aliphatic rings. The lowest BCUT2D eigenvalue weighted by Gasteiger charge is -2.21. The number of guanidine groups is 1. The maximum Gasteiger partial charge on any atom is 0.258 e. The number of ether oxygens (including phenoxy) is 1. The van der Waals surface area contributed by atoms with E-state index in [0.29, 0.717) is 24.7 Å². The number of benzene rings is 2. The van der Waals surface area contributed by atoms with E-state index in [9.17, 15) is 13.6 Å². The highest BCUT2D eigenvalue weighted by atomic mass is 35.5. The zero-order valence-electron chi connectivity index (χ0n) is 17.8. The first kappa shape index (κ1) is 22.9. The van der Waals surface area contributed by atoms with E-state index in [4.69, 9.17) is 16.3 Å². The molecule has 1 unspecified atom stereocenters. The number of hydrogen-bond donors (Lipinski definition) is 3. The quantitative estimate of drug-likeness (QED) is 0.367. The molecule has 1 amide bonds. The number of nitrogens with one attached hydrogen (secondary N) is 3. The van der Waals surface area contributed by atoms with Gasteiger partial charge in [-0.1, -0.05) is 11.6 Å². The molecule has 172 valence electrons. The predicted octanol–water partition coefficient (Wildman–Crippen LogP) is 4.78. The van der Waals surface area contributed by atoms with E-state index in [1.807, 2.05) is 6.92 Å². The molecule has 0 saturated carbocycles. The normalized spacial score (nSPS) is 18.4. The summed E-state index contributed by atoms with van der Waals surface area (Å²) in [4.78, 5) is 17.2. The number of aromatic amines is 1. The number of rotatable bonds is 5. The number of hydrogen-bond acceptors (Lipinski definition) is 4. The Morgan fingerprint density at radius 3 is 2.73 bits per heavy atom. The van der Waals surface area contributed by atoms with E-state index in [0.717, 1.165) is 24.5 Å². The van der Waals surface area contributed by atoms with Crippen LogP contribution in [-0.2, 0) is 4.74 Å². The van der Waals surface area contributed by atoms with E-state index < -0.39 is 17.3 Å². The molecule has 4 rings (SSSR count). The lowest BCUT2D eigenvalue weighted by atomic mass is 10.0. The van der Waals surface area contributed by atoms with Crippen LogP contribution in [0.3, 0.4) is 0 Å². The van der Waals surface area contributed by atoms with E-state index in [1.54, 1.807) is 18.2 Å². The molecule has 3 aromatic rings.